The molecule has 0 aromatic rings. The molecule has 0 aliphatic carbocycles. The molecule has 0 aliphatic heterocycles. The lowest BCUT2D eigenvalue weighted by molar-refractivity contribution is -0.132. The Morgan fingerprint density at radius 2 is 1.65 bits per heavy atom. The predicted octanol–water partition coefficient (Wildman–Crippen LogP) is 0.577. The quantitative estimate of drug-likeness (QED) is 0.645. The molecular weight excluding hydrogens is 260 g/mol. The van der Waals surface area contributed by atoms with E-state index >= 15 is 0 Å². The van der Waals surface area contributed by atoms with E-state index in [1.807, 2.05) is 6.92 Å². The first-order valence-corrected chi connectivity index (χ1v) is 6.80. The molecule has 0 rings (SSSR count). The Morgan fingerprint density at radius 1 is 1.10 bits per heavy atom. The average molecular weight is 284 g/mol. The fraction of sp³-hybridized carbons (Fsp3) is 0.714. The summed E-state index contributed by atoms with van der Waals surface area (Å²) in [6, 6.07) is -0.675. The van der Waals surface area contributed by atoms with E-state index in [4.69, 9.17) is 5.73 Å². The third-order valence-electron chi connectivity index (χ3n) is 3.37. The molecule has 0 aromatic carbocycles. The first-order chi connectivity index (χ1) is 9.18. The van der Waals surface area contributed by atoms with Gasteiger partial charge in [0.2, 0.25) is 11.8 Å². The van der Waals surface area contributed by atoms with Crippen molar-refractivity contribution < 1.29 is 19.2 Å². The fourth-order valence-electron chi connectivity index (χ4n) is 1.64. The molecule has 0 unspecified atom stereocenters. The Morgan fingerprint density at radius 3 is 2.05 bits per heavy atom. The van der Waals surface area contributed by atoms with E-state index in [-0.39, 0.29) is 36.2 Å². The van der Waals surface area contributed by atoms with Gasteiger partial charge in [-0.25, -0.2) is 0 Å². The lowest BCUT2D eigenvalue weighted by Crippen LogP contribution is -2.42. The number of ketones is 2. The zero-order valence-corrected chi connectivity index (χ0v) is 12.6. The predicted molar refractivity (Wildman–Crippen MR) is 74.7 cm³/mol. The van der Waals surface area contributed by atoms with Gasteiger partial charge in [0.05, 0.1) is 6.04 Å². The second kappa shape index (κ2) is 8.45. The van der Waals surface area contributed by atoms with Crippen LogP contribution in [0.3, 0.4) is 0 Å². The minimum absolute atomic E-state index is 0.0831. The number of nitrogens with one attached hydrogen (secondary N) is 1. The summed E-state index contributed by atoms with van der Waals surface area (Å²) >= 11 is 0. The highest BCUT2D eigenvalue weighted by molar-refractivity contribution is 5.94. The summed E-state index contributed by atoms with van der Waals surface area (Å²) in [5.74, 6) is -2.21. The van der Waals surface area contributed by atoms with Crippen LogP contribution >= 0.6 is 0 Å². The summed E-state index contributed by atoms with van der Waals surface area (Å²) in [5, 5.41) is 2.61. The maximum absolute atomic E-state index is 12.0. The molecule has 0 fully saturated rings. The summed E-state index contributed by atoms with van der Waals surface area (Å²) in [7, 11) is 0. The van der Waals surface area contributed by atoms with Crippen LogP contribution in [0, 0.1) is 11.8 Å². The van der Waals surface area contributed by atoms with Crippen molar-refractivity contribution in [2.24, 2.45) is 17.6 Å². The van der Waals surface area contributed by atoms with Crippen LogP contribution in [0.15, 0.2) is 0 Å². The number of amides is 2. The molecule has 114 valence electrons. The fourth-order valence-corrected chi connectivity index (χ4v) is 1.64. The van der Waals surface area contributed by atoms with Gasteiger partial charge in [-0.2, -0.15) is 0 Å². The summed E-state index contributed by atoms with van der Waals surface area (Å²) in [4.78, 5) is 45.9. The van der Waals surface area contributed by atoms with Crippen LogP contribution in [0.4, 0.5) is 0 Å². The van der Waals surface area contributed by atoms with Gasteiger partial charge in [0.25, 0.3) is 0 Å². The Balaban J connectivity index is 4.53. The van der Waals surface area contributed by atoms with Crippen molar-refractivity contribution in [3.05, 3.63) is 0 Å². The van der Waals surface area contributed by atoms with E-state index in [0.717, 1.165) is 0 Å². The molecule has 3 N–H and O–H groups in total. The summed E-state index contributed by atoms with van der Waals surface area (Å²) in [5.41, 5.74) is 5.05. The van der Waals surface area contributed by atoms with E-state index < -0.39 is 17.9 Å². The minimum atomic E-state index is -0.706. The number of nitrogens with two attached hydrogens (primary N) is 1. The van der Waals surface area contributed by atoms with Crippen LogP contribution in [0.1, 0.15) is 47.0 Å². The number of rotatable bonds is 9. The normalized spacial score (nSPS) is 15.0. The molecule has 2 amide bonds. The van der Waals surface area contributed by atoms with Crippen molar-refractivity contribution in [2.75, 3.05) is 0 Å². The number of Topliss-reactive ketones (excluding diaryl/α,β-unsaturated/α-hetero) is 2. The minimum Gasteiger partial charge on any atom is -0.370 e. The molecule has 0 aromatic heterocycles. The first kappa shape index (κ1) is 18.3. The van der Waals surface area contributed by atoms with E-state index in [1.54, 1.807) is 13.8 Å². The largest absolute Gasteiger partial charge is 0.370 e. The zero-order valence-electron chi connectivity index (χ0n) is 12.6. The van der Waals surface area contributed by atoms with Gasteiger partial charge in [-0.05, 0) is 20.3 Å². The first-order valence-electron chi connectivity index (χ1n) is 6.80. The van der Waals surface area contributed by atoms with Gasteiger partial charge in [0.1, 0.15) is 5.78 Å². The molecule has 0 saturated carbocycles. The van der Waals surface area contributed by atoms with Gasteiger partial charge in [-0.15, -0.1) is 0 Å². The highest BCUT2D eigenvalue weighted by atomic mass is 16.2. The summed E-state index contributed by atoms with van der Waals surface area (Å²) in [6.45, 7) is 6.56. The van der Waals surface area contributed by atoms with Crippen LogP contribution < -0.4 is 11.1 Å². The lowest BCUT2D eigenvalue weighted by Gasteiger charge is -2.18. The number of carbonyl (C=O) groups excluding carboxylic acids is 4. The molecule has 0 aliphatic rings. The van der Waals surface area contributed by atoms with Gasteiger partial charge in [0.15, 0.2) is 5.78 Å². The molecular formula is C14H24N2O4. The van der Waals surface area contributed by atoms with E-state index in [9.17, 15) is 19.2 Å². The van der Waals surface area contributed by atoms with Gasteiger partial charge < -0.3 is 11.1 Å². The average Bonchev–Trinajstić information content (AvgIpc) is 2.35. The van der Waals surface area contributed by atoms with Crippen LogP contribution in [-0.2, 0) is 19.2 Å². The molecule has 0 radical (unpaired) electrons. The third-order valence-corrected chi connectivity index (χ3v) is 3.37. The van der Waals surface area contributed by atoms with Gasteiger partial charge >= 0.3 is 0 Å². The van der Waals surface area contributed by atoms with Crippen molar-refractivity contribution in [2.45, 2.75) is 53.0 Å². The van der Waals surface area contributed by atoms with E-state index in [2.05, 4.69) is 5.32 Å². The Labute approximate surface area is 119 Å². The number of hydrogen-bond acceptors (Lipinski definition) is 4. The highest BCUT2D eigenvalue weighted by Gasteiger charge is 2.25. The third kappa shape index (κ3) is 6.45. The molecule has 0 spiro atoms. The van der Waals surface area contributed by atoms with Crippen LogP contribution in [-0.4, -0.2) is 29.4 Å². The summed E-state index contributed by atoms with van der Waals surface area (Å²) in [6.07, 6.45) is 0.456. The van der Waals surface area contributed by atoms with Crippen molar-refractivity contribution >= 4 is 23.4 Å². The van der Waals surface area contributed by atoms with Gasteiger partial charge in [0, 0.05) is 24.7 Å². The van der Waals surface area contributed by atoms with Crippen molar-refractivity contribution in [1.82, 2.24) is 5.32 Å². The van der Waals surface area contributed by atoms with Crippen molar-refractivity contribution in [3.8, 4) is 0 Å². The molecule has 20 heavy (non-hydrogen) atoms. The number of hydrogen-bond donors (Lipinski definition) is 2. The monoisotopic (exact) mass is 284 g/mol. The molecule has 0 saturated heterocycles. The van der Waals surface area contributed by atoms with Crippen LogP contribution in [0.2, 0.25) is 0 Å². The molecule has 3 atom stereocenters. The van der Waals surface area contributed by atoms with E-state index in [0.29, 0.717) is 6.42 Å². The van der Waals surface area contributed by atoms with Gasteiger partial charge in [-0.1, -0.05) is 13.8 Å². The molecule has 6 heteroatoms. The topological polar surface area (TPSA) is 106 Å². The second-order valence-electron chi connectivity index (χ2n) is 5.19. The SMILES string of the molecule is CC[C@@H](C)C(=O)N[C@@H](C)C(=O)C[C@@H](CC(N)=O)C(C)=O. The second-order valence-corrected chi connectivity index (χ2v) is 5.19. The maximum Gasteiger partial charge on any atom is 0.223 e. The maximum atomic E-state index is 12.0. The zero-order chi connectivity index (χ0) is 15.9. The molecule has 0 heterocycles. The number of primary amides is 1. The lowest BCUT2D eigenvalue weighted by atomic mass is 9.92. The van der Waals surface area contributed by atoms with Crippen LogP contribution in [0.25, 0.3) is 0 Å². The van der Waals surface area contributed by atoms with Crippen molar-refractivity contribution in [1.29, 1.82) is 0 Å². The number of carbonyl (C=O) groups is 4. The smallest absolute Gasteiger partial charge is 0.223 e. The van der Waals surface area contributed by atoms with Gasteiger partial charge in [-0.3, -0.25) is 19.2 Å². The van der Waals surface area contributed by atoms with Crippen LogP contribution in [0.5, 0.6) is 0 Å². The highest BCUT2D eigenvalue weighted by Crippen LogP contribution is 2.12. The van der Waals surface area contributed by atoms with Crippen molar-refractivity contribution in [3.63, 3.8) is 0 Å². The standard InChI is InChI=1S/C14H24N2O4/c1-5-8(2)14(20)16-9(3)12(18)6-11(10(4)17)7-13(15)19/h8-9,11H,5-7H2,1-4H3,(H2,15,19)(H,16,20)/t8-,9+,11+/m1/s1. The molecule has 0 bridgehead atoms. The van der Waals surface area contributed by atoms with E-state index in [1.165, 1.54) is 6.92 Å². The molecule has 6 nitrogen and oxygen atoms in total. The Hall–Kier alpha value is -1.72. The Kier molecular flexibility index (Phi) is 7.72. The Bertz CT molecular complexity index is 393. The summed E-state index contributed by atoms with van der Waals surface area (Å²) < 4.78 is 0.